The van der Waals surface area contributed by atoms with E-state index in [9.17, 15) is 9.59 Å². The lowest BCUT2D eigenvalue weighted by Crippen LogP contribution is -2.46. The molecule has 0 unspecified atom stereocenters. The van der Waals surface area contributed by atoms with E-state index in [4.69, 9.17) is 15.6 Å². The minimum atomic E-state index is -0.997. The monoisotopic (exact) mass is 359 g/mol. The number of nitrogen functional groups attached to an aromatic ring is 1. The van der Waals surface area contributed by atoms with Gasteiger partial charge in [0.1, 0.15) is 11.6 Å². The molecule has 4 N–H and O–H groups in total. The molecular weight excluding hydrogens is 338 g/mol. The Kier molecular flexibility index (Phi) is 5.37. The van der Waals surface area contributed by atoms with E-state index in [1.807, 2.05) is 17.0 Å². The third-order valence-corrected chi connectivity index (χ3v) is 4.13. The van der Waals surface area contributed by atoms with Crippen LogP contribution in [0.15, 0.2) is 35.1 Å². The van der Waals surface area contributed by atoms with Crippen molar-refractivity contribution >= 4 is 17.7 Å². The van der Waals surface area contributed by atoms with Crippen molar-refractivity contribution in [3.8, 4) is 5.75 Å². The van der Waals surface area contributed by atoms with E-state index in [1.165, 1.54) is 6.07 Å². The van der Waals surface area contributed by atoms with Crippen molar-refractivity contribution in [2.24, 2.45) is 0 Å². The van der Waals surface area contributed by atoms with Gasteiger partial charge in [-0.15, -0.1) is 0 Å². The SMILES string of the molecule is Nc1nc(N2CCN(Cc3ccc(OCC(=O)O)cc3)CC2)cc(=O)[nH]1. The van der Waals surface area contributed by atoms with E-state index in [-0.39, 0.29) is 18.1 Å². The van der Waals surface area contributed by atoms with Gasteiger partial charge in [0, 0.05) is 38.8 Å². The second kappa shape index (κ2) is 7.87. The lowest BCUT2D eigenvalue weighted by Gasteiger charge is -2.35. The van der Waals surface area contributed by atoms with Crippen molar-refractivity contribution < 1.29 is 14.6 Å². The Morgan fingerprint density at radius 1 is 1.23 bits per heavy atom. The first-order valence-corrected chi connectivity index (χ1v) is 8.27. The number of ether oxygens (including phenoxy) is 1. The van der Waals surface area contributed by atoms with Crippen molar-refractivity contribution in [1.82, 2.24) is 14.9 Å². The number of benzene rings is 1. The number of anilines is 2. The summed E-state index contributed by atoms with van der Waals surface area (Å²) in [6, 6.07) is 8.88. The molecule has 1 aliphatic heterocycles. The van der Waals surface area contributed by atoms with E-state index in [1.54, 1.807) is 12.1 Å². The summed E-state index contributed by atoms with van der Waals surface area (Å²) >= 11 is 0. The number of nitrogens with zero attached hydrogens (tertiary/aromatic N) is 3. The fourth-order valence-electron chi connectivity index (χ4n) is 2.85. The first-order chi connectivity index (χ1) is 12.5. The van der Waals surface area contributed by atoms with Gasteiger partial charge in [-0.25, -0.2) is 4.79 Å². The van der Waals surface area contributed by atoms with Crippen LogP contribution < -0.4 is 20.9 Å². The third-order valence-electron chi connectivity index (χ3n) is 4.13. The highest BCUT2D eigenvalue weighted by Crippen LogP contribution is 2.16. The predicted octanol–water partition coefficient (Wildman–Crippen LogP) is 0.138. The van der Waals surface area contributed by atoms with Crippen LogP contribution in [0.4, 0.5) is 11.8 Å². The average molecular weight is 359 g/mol. The number of carboxylic acid groups (broad SMARTS) is 1. The summed E-state index contributed by atoms with van der Waals surface area (Å²) in [4.78, 5) is 33.0. The molecule has 9 nitrogen and oxygen atoms in total. The van der Waals surface area contributed by atoms with Gasteiger partial charge in [-0.2, -0.15) is 4.98 Å². The minimum Gasteiger partial charge on any atom is -0.482 e. The lowest BCUT2D eigenvalue weighted by atomic mass is 10.2. The van der Waals surface area contributed by atoms with Crippen molar-refractivity contribution in [3.63, 3.8) is 0 Å². The Hall–Kier alpha value is -3.07. The molecule has 1 aliphatic rings. The second-order valence-electron chi connectivity index (χ2n) is 6.08. The predicted molar refractivity (Wildman–Crippen MR) is 96.3 cm³/mol. The number of hydrogen-bond acceptors (Lipinski definition) is 7. The van der Waals surface area contributed by atoms with E-state index in [0.29, 0.717) is 11.6 Å². The molecule has 26 heavy (non-hydrogen) atoms. The number of nitrogens with one attached hydrogen (secondary N) is 1. The van der Waals surface area contributed by atoms with Gasteiger partial charge in [-0.05, 0) is 17.7 Å². The Bertz CT molecular complexity index is 813. The van der Waals surface area contributed by atoms with Crippen LogP contribution in [-0.4, -0.2) is 58.7 Å². The molecule has 0 bridgehead atoms. The number of rotatable bonds is 6. The maximum Gasteiger partial charge on any atom is 0.341 e. The van der Waals surface area contributed by atoms with E-state index in [2.05, 4.69) is 14.9 Å². The summed E-state index contributed by atoms with van der Waals surface area (Å²) in [6.07, 6.45) is 0. The molecule has 1 aromatic carbocycles. The molecule has 1 fully saturated rings. The van der Waals surface area contributed by atoms with Crippen LogP contribution in [0.2, 0.25) is 0 Å². The summed E-state index contributed by atoms with van der Waals surface area (Å²) < 4.78 is 5.13. The molecule has 1 aromatic heterocycles. The van der Waals surface area contributed by atoms with Crippen molar-refractivity contribution in [3.05, 3.63) is 46.2 Å². The number of hydrogen-bond donors (Lipinski definition) is 3. The quantitative estimate of drug-likeness (QED) is 0.665. The van der Waals surface area contributed by atoms with Crippen molar-refractivity contribution in [2.75, 3.05) is 43.4 Å². The second-order valence-corrected chi connectivity index (χ2v) is 6.08. The first kappa shape index (κ1) is 17.7. The van der Waals surface area contributed by atoms with Gasteiger partial charge in [0.25, 0.3) is 5.56 Å². The fraction of sp³-hybridized carbons (Fsp3) is 0.353. The largest absolute Gasteiger partial charge is 0.482 e. The number of aromatic nitrogens is 2. The molecule has 0 amide bonds. The topological polar surface area (TPSA) is 125 Å². The Labute approximate surface area is 150 Å². The van der Waals surface area contributed by atoms with Gasteiger partial charge in [0.15, 0.2) is 6.61 Å². The van der Waals surface area contributed by atoms with Crippen LogP contribution in [0.1, 0.15) is 5.56 Å². The number of carboxylic acids is 1. The van der Waals surface area contributed by atoms with Gasteiger partial charge >= 0.3 is 5.97 Å². The number of piperazine rings is 1. The number of H-pyrrole nitrogens is 1. The Morgan fingerprint density at radius 2 is 1.92 bits per heavy atom. The van der Waals surface area contributed by atoms with Crippen LogP contribution in [0, 0.1) is 0 Å². The van der Waals surface area contributed by atoms with E-state index >= 15 is 0 Å². The Morgan fingerprint density at radius 3 is 2.54 bits per heavy atom. The highest BCUT2D eigenvalue weighted by Gasteiger charge is 2.19. The number of aromatic amines is 1. The Balaban J connectivity index is 1.52. The molecule has 0 aliphatic carbocycles. The molecule has 0 atom stereocenters. The molecule has 0 saturated carbocycles. The van der Waals surface area contributed by atoms with Crippen molar-refractivity contribution in [2.45, 2.75) is 6.54 Å². The van der Waals surface area contributed by atoms with Gasteiger partial charge < -0.3 is 20.5 Å². The summed E-state index contributed by atoms with van der Waals surface area (Å²) in [7, 11) is 0. The van der Waals surface area contributed by atoms with E-state index in [0.717, 1.165) is 38.3 Å². The molecule has 0 radical (unpaired) electrons. The first-order valence-electron chi connectivity index (χ1n) is 8.27. The molecule has 1 saturated heterocycles. The summed E-state index contributed by atoms with van der Waals surface area (Å²) in [5, 5.41) is 8.61. The normalized spacial score (nSPS) is 15.0. The molecule has 9 heteroatoms. The molecule has 2 heterocycles. The van der Waals surface area contributed by atoms with Crippen LogP contribution in [0.3, 0.4) is 0 Å². The molecule has 2 aromatic rings. The van der Waals surface area contributed by atoms with Gasteiger partial charge in [0.2, 0.25) is 5.95 Å². The standard InChI is InChI=1S/C17H21N5O4/c18-17-19-14(9-15(23)20-17)22-7-5-21(6-8-22)10-12-1-3-13(4-2-12)26-11-16(24)25/h1-4,9H,5-8,10-11H2,(H,24,25)(H3,18,19,20,23). The number of carbonyl (C=O) groups is 1. The highest BCUT2D eigenvalue weighted by molar-refractivity contribution is 5.68. The van der Waals surface area contributed by atoms with Crippen LogP contribution >= 0.6 is 0 Å². The fourth-order valence-corrected chi connectivity index (χ4v) is 2.85. The molecular formula is C17H21N5O4. The number of aliphatic carboxylic acids is 1. The van der Waals surface area contributed by atoms with Crippen LogP contribution in [0.25, 0.3) is 0 Å². The smallest absolute Gasteiger partial charge is 0.341 e. The van der Waals surface area contributed by atoms with Crippen molar-refractivity contribution in [1.29, 1.82) is 0 Å². The van der Waals surface area contributed by atoms with Crippen LogP contribution in [-0.2, 0) is 11.3 Å². The summed E-state index contributed by atoms with van der Waals surface area (Å²) in [5.74, 6) is 0.272. The zero-order valence-electron chi connectivity index (χ0n) is 14.2. The average Bonchev–Trinajstić information content (AvgIpc) is 2.61. The zero-order valence-corrected chi connectivity index (χ0v) is 14.2. The lowest BCUT2D eigenvalue weighted by molar-refractivity contribution is -0.139. The molecule has 3 rings (SSSR count). The minimum absolute atomic E-state index is 0.125. The molecule has 0 spiro atoms. The summed E-state index contributed by atoms with van der Waals surface area (Å²) in [5.41, 5.74) is 6.47. The molecule has 138 valence electrons. The third kappa shape index (κ3) is 4.73. The maximum absolute atomic E-state index is 11.5. The number of nitrogens with two attached hydrogens (primary N) is 1. The van der Waals surface area contributed by atoms with Gasteiger partial charge in [-0.1, -0.05) is 12.1 Å². The summed E-state index contributed by atoms with van der Waals surface area (Å²) in [6.45, 7) is 3.64. The highest BCUT2D eigenvalue weighted by atomic mass is 16.5. The van der Waals surface area contributed by atoms with Gasteiger partial charge in [-0.3, -0.25) is 14.7 Å². The maximum atomic E-state index is 11.5. The van der Waals surface area contributed by atoms with E-state index < -0.39 is 5.97 Å². The van der Waals surface area contributed by atoms with Gasteiger partial charge in [0.05, 0.1) is 0 Å². The zero-order chi connectivity index (χ0) is 18.5. The van der Waals surface area contributed by atoms with Crippen LogP contribution in [0.5, 0.6) is 5.75 Å².